The molecule has 2 heterocycles. The molecule has 1 aliphatic carbocycles. The number of hydrogen-bond donors (Lipinski definition) is 2. The van der Waals surface area contributed by atoms with Crippen molar-refractivity contribution in [1.82, 2.24) is 9.97 Å². The van der Waals surface area contributed by atoms with Gasteiger partial charge in [-0.15, -0.1) is 0 Å². The summed E-state index contributed by atoms with van der Waals surface area (Å²) in [5.41, 5.74) is 3.53. The highest BCUT2D eigenvalue weighted by Crippen LogP contribution is 2.41. The van der Waals surface area contributed by atoms with E-state index >= 15 is 0 Å². The Morgan fingerprint density at radius 2 is 2.11 bits per heavy atom. The van der Waals surface area contributed by atoms with Crippen molar-refractivity contribution in [3.8, 4) is 0 Å². The molecule has 1 saturated carbocycles. The van der Waals surface area contributed by atoms with Crippen LogP contribution in [0.15, 0.2) is 24.3 Å². The molecule has 2 atom stereocenters. The molecular weight excluding hydrogens is 238 g/mol. The topological polar surface area (TPSA) is 67.1 Å². The van der Waals surface area contributed by atoms with E-state index in [-0.39, 0.29) is 0 Å². The van der Waals surface area contributed by atoms with Crippen LogP contribution in [-0.4, -0.2) is 22.6 Å². The van der Waals surface area contributed by atoms with Crippen LogP contribution in [0.25, 0.3) is 10.9 Å². The molecule has 2 bridgehead atoms. The molecule has 5 nitrogen and oxygen atoms in total. The molecule has 0 amide bonds. The van der Waals surface area contributed by atoms with Crippen molar-refractivity contribution in [2.75, 3.05) is 16.9 Å². The second-order valence-electron chi connectivity index (χ2n) is 5.52. The number of rotatable bonds is 2. The largest absolute Gasteiger partial charge is 0.353 e. The summed E-state index contributed by atoms with van der Waals surface area (Å²) in [5.74, 6) is 7.86. The van der Waals surface area contributed by atoms with E-state index in [4.69, 9.17) is 5.84 Å². The van der Waals surface area contributed by atoms with Gasteiger partial charge in [0.15, 0.2) is 0 Å². The van der Waals surface area contributed by atoms with Gasteiger partial charge in [0, 0.05) is 18.0 Å². The van der Waals surface area contributed by atoms with Crippen molar-refractivity contribution in [1.29, 1.82) is 0 Å². The minimum atomic E-state index is 0.497. The molecule has 5 heteroatoms. The van der Waals surface area contributed by atoms with E-state index in [1.807, 2.05) is 18.2 Å². The number of nitrogen functional groups attached to an aromatic ring is 1. The van der Waals surface area contributed by atoms with Gasteiger partial charge in [-0.1, -0.05) is 12.1 Å². The molecule has 3 N–H and O–H groups in total. The first kappa shape index (κ1) is 11.0. The summed E-state index contributed by atoms with van der Waals surface area (Å²) in [4.78, 5) is 11.5. The second-order valence-corrected chi connectivity index (χ2v) is 5.52. The summed E-state index contributed by atoms with van der Waals surface area (Å²) in [6, 6.07) is 8.79. The molecule has 4 rings (SSSR count). The average Bonchev–Trinajstić information content (AvgIpc) is 3.08. The maximum atomic E-state index is 5.49. The number of piperidine rings is 1. The Labute approximate surface area is 111 Å². The third-order valence-corrected chi connectivity index (χ3v) is 4.39. The first-order chi connectivity index (χ1) is 9.35. The van der Waals surface area contributed by atoms with Crippen molar-refractivity contribution in [2.45, 2.75) is 25.3 Å². The van der Waals surface area contributed by atoms with Crippen LogP contribution in [-0.2, 0) is 0 Å². The molecule has 1 aromatic carbocycles. The highest BCUT2D eigenvalue weighted by atomic mass is 15.3. The van der Waals surface area contributed by atoms with Gasteiger partial charge in [-0.3, -0.25) is 5.43 Å². The van der Waals surface area contributed by atoms with Crippen LogP contribution < -0.4 is 16.2 Å². The first-order valence-electron chi connectivity index (χ1n) is 6.85. The molecule has 1 aromatic heterocycles. The van der Waals surface area contributed by atoms with Gasteiger partial charge >= 0.3 is 0 Å². The Balaban J connectivity index is 1.88. The highest BCUT2D eigenvalue weighted by molar-refractivity contribution is 5.90. The monoisotopic (exact) mass is 255 g/mol. The predicted octanol–water partition coefficient (Wildman–Crippen LogP) is 1.90. The van der Waals surface area contributed by atoms with Crippen LogP contribution in [0.1, 0.15) is 19.3 Å². The van der Waals surface area contributed by atoms with E-state index in [1.54, 1.807) is 0 Å². The number of anilines is 2. The van der Waals surface area contributed by atoms with E-state index in [2.05, 4.69) is 26.4 Å². The molecule has 2 aliphatic rings. The number of nitrogens with two attached hydrogens (primary N) is 1. The van der Waals surface area contributed by atoms with Crippen molar-refractivity contribution in [3.05, 3.63) is 24.3 Å². The standard InChI is InChI=1S/C14H17N5/c15-18-14-16-12-4-2-1-3-11(12)13(17-14)19-8-9-5-6-10(19)7-9/h1-4,9-10H,5-8,15H2,(H,16,17,18). The molecule has 1 aliphatic heterocycles. The summed E-state index contributed by atoms with van der Waals surface area (Å²) >= 11 is 0. The number of hydrazine groups is 1. The van der Waals surface area contributed by atoms with Gasteiger partial charge in [-0.2, -0.15) is 4.98 Å². The number of aromatic nitrogens is 2. The van der Waals surface area contributed by atoms with Crippen molar-refractivity contribution >= 4 is 22.7 Å². The lowest BCUT2D eigenvalue weighted by molar-refractivity contribution is 0.551. The smallest absolute Gasteiger partial charge is 0.239 e. The molecule has 2 fully saturated rings. The van der Waals surface area contributed by atoms with Crippen LogP contribution in [0.3, 0.4) is 0 Å². The normalized spacial score (nSPS) is 25.2. The minimum absolute atomic E-state index is 0.497. The SMILES string of the molecule is NNc1nc(N2CC3CCC2C3)c2ccccc2n1. The van der Waals surface area contributed by atoms with Gasteiger partial charge in [-0.25, -0.2) is 10.8 Å². The number of nitrogens with zero attached hydrogens (tertiary/aromatic N) is 3. The van der Waals surface area contributed by atoms with Gasteiger partial charge in [0.2, 0.25) is 5.95 Å². The third kappa shape index (κ3) is 1.65. The third-order valence-electron chi connectivity index (χ3n) is 4.39. The summed E-state index contributed by atoms with van der Waals surface area (Å²) in [5, 5.41) is 1.12. The van der Waals surface area contributed by atoms with Crippen LogP contribution in [0.2, 0.25) is 0 Å². The summed E-state index contributed by atoms with van der Waals surface area (Å²) in [6.07, 6.45) is 3.96. The summed E-state index contributed by atoms with van der Waals surface area (Å²) in [6.45, 7) is 1.12. The van der Waals surface area contributed by atoms with Gasteiger partial charge in [-0.05, 0) is 37.3 Å². The number of benzene rings is 1. The zero-order valence-electron chi connectivity index (χ0n) is 10.7. The maximum Gasteiger partial charge on any atom is 0.239 e. The fourth-order valence-corrected chi connectivity index (χ4v) is 3.53. The Hall–Kier alpha value is -1.88. The van der Waals surface area contributed by atoms with E-state index in [0.29, 0.717) is 12.0 Å². The van der Waals surface area contributed by atoms with Crippen LogP contribution in [0, 0.1) is 5.92 Å². The second kappa shape index (κ2) is 4.06. The molecule has 2 unspecified atom stereocenters. The zero-order chi connectivity index (χ0) is 12.8. The molecule has 98 valence electrons. The predicted molar refractivity (Wildman–Crippen MR) is 75.8 cm³/mol. The Bertz CT molecular complexity index is 626. The number of fused-ring (bicyclic) bond motifs is 3. The van der Waals surface area contributed by atoms with Gasteiger partial charge in [0.05, 0.1) is 5.52 Å². The van der Waals surface area contributed by atoms with E-state index in [9.17, 15) is 0 Å². The fraction of sp³-hybridized carbons (Fsp3) is 0.429. The highest BCUT2D eigenvalue weighted by Gasteiger charge is 2.39. The zero-order valence-corrected chi connectivity index (χ0v) is 10.7. The molecule has 19 heavy (non-hydrogen) atoms. The van der Waals surface area contributed by atoms with E-state index in [0.717, 1.165) is 29.2 Å². The molecular formula is C14H17N5. The van der Waals surface area contributed by atoms with Gasteiger partial charge in [0.25, 0.3) is 0 Å². The van der Waals surface area contributed by atoms with E-state index < -0.39 is 0 Å². The van der Waals surface area contributed by atoms with Crippen molar-refractivity contribution in [3.63, 3.8) is 0 Å². The fourth-order valence-electron chi connectivity index (χ4n) is 3.53. The molecule has 0 radical (unpaired) electrons. The van der Waals surface area contributed by atoms with Crippen molar-refractivity contribution in [2.24, 2.45) is 11.8 Å². The first-order valence-corrected chi connectivity index (χ1v) is 6.85. The Morgan fingerprint density at radius 1 is 1.21 bits per heavy atom. The van der Waals surface area contributed by atoms with Crippen LogP contribution in [0.5, 0.6) is 0 Å². The van der Waals surface area contributed by atoms with Gasteiger partial charge in [0.1, 0.15) is 5.82 Å². The summed E-state index contributed by atoms with van der Waals surface area (Å²) < 4.78 is 0. The number of hydrogen-bond acceptors (Lipinski definition) is 5. The van der Waals surface area contributed by atoms with E-state index in [1.165, 1.54) is 19.3 Å². The summed E-state index contributed by atoms with van der Waals surface area (Å²) in [7, 11) is 0. The Kier molecular flexibility index (Phi) is 2.35. The average molecular weight is 255 g/mol. The lowest BCUT2D eigenvalue weighted by Gasteiger charge is -2.29. The van der Waals surface area contributed by atoms with Gasteiger partial charge < -0.3 is 4.90 Å². The quantitative estimate of drug-likeness (QED) is 0.634. The number of nitrogens with one attached hydrogen (secondary N) is 1. The van der Waals surface area contributed by atoms with Crippen molar-refractivity contribution < 1.29 is 0 Å². The lowest BCUT2D eigenvalue weighted by Crippen LogP contribution is -2.33. The lowest BCUT2D eigenvalue weighted by atomic mass is 10.1. The maximum absolute atomic E-state index is 5.49. The number of para-hydroxylation sites is 1. The van der Waals surface area contributed by atoms with Crippen LogP contribution in [0.4, 0.5) is 11.8 Å². The molecule has 2 aromatic rings. The Morgan fingerprint density at radius 3 is 2.84 bits per heavy atom. The molecule has 0 spiro atoms. The van der Waals surface area contributed by atoms with Crippen LogP contribution >= 0.6 is 0 Å². The molecule has 1 saturated heterocycles. The minimum Gasteiger partial charge on any atom is -0.353 e.